The van der Waals surface area contributed by atoms with Gasteiger partial charge in [-0.3, -0.25) is 0 Å². The van der Waals surface area contributed by atoms with Gasteiger partial charge in [0.2, 0.25) is 0 Å². The molecule has 1 fully saturated rings. The Morgan fingerprint density at radius 2 is 2.18 bits per heavy atom. The number of hydrogen-bond acceptors (Lipinski definition) is 2. The minimum atomic E-state index is -0.296. The normalized spacial score (nSPS) is 16.9. The first-order chi connectivity index (χ1) is 5.29. The molecule has 0 bridgehead atoms. The second kappa shape index (κ2) is 2.52. The highest BCUT2D eigenvalue weighted by Gasteiger charge is 2.28. The van der Waals surface area contributed by atoms with Crippen LogP contribution >= 0.6 is 15.9 Å². The monoisotopic (exact) mass is 216 g/mol. The molecule has 1 aliphatic rings. The highest BCUT2D eigenvalue weighted by molar-refractivity contribution is 9.10. The predicted octanol–water partition coefficient (Wildman–Crippen LogP) is 2.26. The molecule has 0 saturated heterocycles. The summed E-state index contributed by atoms with van der Waals surface area (Å²) in [6, 6.07) is 0. The van der Waals surface area contributed by atoms with Gasteiger partial charge in [-0.15, -0.1) is 0 Å². The van der Waals surface area contributed by atoms with Crippen molar-refractivity contribution in [2.24, 2.45) is 0 Å². The summed E-state index contributed by atoms with van der Waals surface area (Å²) in [4.78, 5) is 7.57. The Hall–Kier alpha value is -0.510. The molecule has 1 aliphatic carbocycles. The Morgan fingerprint density at radius 1 is 1.45 bits per heavy atom. The van der Waals surface area contributed by atoms with E-state index in [1.165, 1.54) is 6.33 Å². The predicted molar refractivity (Wildman–Crippen MR) is 41.7 cm³/mol. The second-order valence-corrected chi connectivity index (χ2v) is 3.39. The van der Waals surface area contributed by atoms with Crippen LogP contribution in [0.15, 0.2) is 10.9 Å². The minimum absolute atomic E-state index is 0.273. The number of hydrogen-bond donors (Lipinski definition) is 0. The van der Waals surface area contributed by atoms with Crippen molar-refractivity contribution in [1.82, 2.24) is 9.97 Å². The summed E-state index contributed by atoms with van der Waals surface area (Å²) < 4.78 is 13.4. The van der Waals surface area contributed by atoms with Crippen molar-refractivity contribution < 1.29 is 4.39 Å². The Labute approximate surface area is 72.0 Å². The van der Waals surface area contributed by atoms with E-state index in [1.807, 2.05) is 0 Å². The molecule has 2 rings (SSSR count). The van der Waals surface area contributed by atoms with E-state index in [2.05, 4.69) is 25.9 Å². The summed E-state index contributed by atoms with van der Waals surface area (Å²) >= 11 is 3.02. The van der Waals surface area contributed by atoms with Crippen LogP contribution in [0, 0.1) is 5.82 Å². The average molecular weight is 217 g/mol. The van der Waals surface area contributed by atoms with Crippen LogP contribution in [0.2, 0.25) is 0 Å². The molecule has 58 valence electrons. The van der Waals surface area contributed by atoms with E-state index < -0.39 is 0 Å². The third-order valence-electron chi connectivity index (χ3n) is 1.74. The minimum Gasteiger partial charge on any atom is -0.238 e. The van der Waals surface area contributed by atoms with Gasteiger partial charge in [0.1, 0.15) is 10.9 Å². The summed E-state index contributed by atoms with van der Waals surface area (Å²) in [6.45, 7) is 0. The van der Waals surface area contributed by atoms with Crippen LogP contribution in [-0.4, -0.2) is 9.97 Å². The first-order valence-electron chi connectivity index (χ1n) is 3.45. The van der Waals surface area contributed by atoms with Gasteiger partial charge in [-0.1, -0.05) is 0 Å². The Bertz CT molecular complexity index is 286. The summed E-state index contributed by atoms with van der Waals surface area (Å²) in [6.07, 6.45) is 3.50. The molecule has 0 spiro atoms. The van der Waals surface area contributed by atoms with Gasteiger partial charge in [0.25, 0.3) is 0 Å². The van der Waals surface area contributed by atoms with Gasteiger partial charge < -0.3 is 0 Å². The van der Waals surface area contributed by atoms with Crippen molar-refractivity contribution >= 4 is 15.9 Å². The zero-order valence-corrected chi connectivity index (χ0v) is 7.31. The van der Waals surface area contributed by atoms with Gasteiger partial charge in [-0.05, 0) is 28.8 Å². The van der Waals surface area contributed by atoms with Gasteiger partial charge in [-0.25, -0.2) is 14.4 Å². The molecule has 1 aromatic heterocycles. The van der Waals surface area contributed by atoms with Crippen LogP contribution in [0.1, 0.15) is 24.5 Å². The molecule has 0 aromatic carbocycles. The summed E-state index contributed by atoms with van der Waals surface area (Å²) in [5.74, 6) is 0.0456. The van der Waals surface area contributed by atoms with E-state index in [1.54, 1.807) is 0 Å². The molecule has 1 saturated carbocycles. The van der Waals surface area contributed by atoms with Crippen molar-refractivity contribution in [2.75, 3.05) is 0 Å². The summed E-state index contributed by atoms with van der Waals surface area (Å²) in [5.41, 5.74) is 0.562. The van der Waals surface area contributed by atoms with Gasteiger partial charge >= 0.3 is 0 Å². The van der Waals surface area contributed by atoms with Gasteiger partial charge in [0.05, 0.1) is 5.69 Å². The SMILES string of the molecule is Fc1c(Br)ncnc1C1CC1. The molecule has 0 amide bonds. The zero-order valence-electron chi connectivity index (χ0n) is 5.72. The zero-order chi connectivity index (χ0) is 7.84. The molecule has 0 radical (unpaired) electrons. The number of halogens is 2. The fraction of sp³-hybridized carbons (Fsp3) is 0.429. The van der Waals surface area contributed by atoms with Crippen molar-refractivity contribution in [1.29, 1.82) is 0 Å². The van der Waals surface area contributed by atoms with Crippen molar-refractivity contribution in [2.45, 2.75) is 18.8 Å². The molecule has 0 unspecified atom stereocenters. The first-order valence-corrected chi connectivity index (χ1v) is 4.24. The lowest BCUT2D eigenvalue weighted by atomic mass is 10.3. The van der Waals surface area contributed by atoms with E-state index >= 15 is 0 Å². The lowest BCUT2D eigenvalue weighted by molar-refractivity contribution is 0.583. The maximum Gasteiger partial charge on any atom is 0.177 e. The Morgan fingerprint density at radius 3 is 2.82 bits per heavy atom. The van der Waals surface area contributed by atoms with Crippen LogP contribution in [0.3, 0.4) is 0 Å². The summed E-state index contributed by atoms with van der Waals surface area (Å²) in [7, 11) is 0. The summed E-state index contributed by atoms with van der Waals surface area (Å²) in [5, 5.41) is 0. The molecule has 1 heterocycles. The van der Waals surface area contributed by atoms with Gasteiger partial charge in [0, 0.05) is 5.92 Å². The lowest BCUT2D eigenvalue weighted by Crippen LogP contribution is -1.95. The molecule has 0 N–H and O–H groups in total. The number of rotatable bonds is 1. The lowest BCUT2D eigenvalue weighted by Gasteiger charge is -1.98. The van der Waals surface area contributed by atoms with E-state index in [9.17, 15) is 4.39 Å². The molecule has 11 heavy (non-hydrogen) atoms. The van der Waals surface area contributed by atoms with Crippen LogP contribution in [-0.2, 0) is 0 Å². The standard InChI is InChI=1S/C7H6BrFN2/c8-7-5(9)6(4-1-2-4)10-3-11-7/h3-4H,1-2H2. The topological polar surface area (TPSA) is 25.8 Å². The van der Waals surface area contributed by atoms with E-state index in [-0.39, 0.29) is 10.4 Å². The Kier molecular flexibility index (Phi) is 1.64. The fourth-order valence-electron chi connectivity index (χ4n) is 1.00. The highest BCUT2D eigenvalue weighted by atomic mass is 79.9. The smallest absolute Gasteiger partial charge is 0.177 e. The molecule has 2 nitrogen and oxygen atoms in total. The number of aromatic nitrogens is 2. The van der Waals surface area contributed by atoms with Crippen LogP contribution < -0.4 is 0 Å². The molecule has 4 heteroatoms. The van der Waals surface area contributed by atoms with E-state index in [0.29, 0.717) is 11.6 Å². The number of nitrogens with zero attached hydrogens (tertiary/aromatic N) is 2. The molecular weight excluding hydrogens is 211 g/mol. The quantitative estimate of drug-likeness (QED) is 0.674. The maximum absolute atomic E-state index is 13.1. The molecular formula is C7H6BrFN2. The average Bonchev–Trinajstić information content (AvgIpc) is 2.77. The first kappa shape index (κ1) is 7.16. The van der Waals surface area contributed by atoms with Crippen LogP contribution in [0.4, 0.5) is 4.39 Å². The largest absolute Gasteiger partial charge is 0.238 e. The van der Waals surface area contributed by atoms with E-state index in [4.69, 9.17) is 0 Å². The third kappa shape index (κ3) is 1.27. The van der Waals surface area contributed by atoms with Crippen molar-refractivity contribution in [3.05, 3.63) is 22.4 Å². The fourth-order valence-corrected chi connectivity index (χ4v) is 1.30. The van der Waals surface area contributed by atoms with Crippen LogP contribution in [0.25, 0.3) is 0 Å². The third-order valence-corrected chi connectivity index (χ3v) is 2.29. The molecule has 0 atom stereocenters. The van der Waals surface area contributed by atoms with Gasteiger partial charge in [-0.2, -0.15) is 0 Å². The van der Waals surface area contributed by atoms with Crippen LogP contribution in [0.5, 0.6) is 0 Å². The molecule has 0 aliphatic heterocycles. The van der Waals surface area contributed by atoms with E-state index in [0.717, 1.165) is 12.8 Å². The van der Waals surface area contributed by atoms with Gasteiger partial charge in [0.15, 0.2) is 5.82 Å². The van der Waals surface area contributed by atoms with Crippen molar-refractivity contribution in [3.63, 3.8) is 0 Å². The molecule has 1 aromatic rings. The maximum atomic E-state index is 13.1. The Balaban J connectivity index is 2.45. The second-order valence-electron chi connectivity index (χ2n) is 2.64. The highest BCUT2D eigenvalue weighted by Crippen LogP contribution is 2.40. The van der Waals surface area contributed by atoms with Crippen molar-refractivity contribution in [3.8, 4) is 0 Å².